The average molecular weight is 267 g/mol. The van der Waals surface area contributed by atoms with Crippen molar-refractivity contribution in [3.8, 4) is 5.75 Å². The molecule has 0 saturated heterocycles. The SMILES string of the molecule is Cc1ccc([C@H](C)NCC2COc3ccccc32)cc1. The molecule has 1 heterocycles. The van der Waals surface area contributed by atoms with E-state index in [1.54, 1.807) is 0 Å². The fraction of sp³-hybridized carbons (Fsp3) is 0.333. The van der Waals surface area contributed by atoms with Crippen LogP contribution in [0, 0.1) is 6.92 Å². The first-order chi connectivity index (χ1) is 9.74. The summed E-state index contributed by atoms with van der Waals surface area (Å²) in [5, 5.41) is 3.62. The quantitative estimate of drug-likeness (QED) is 0.909. The van der Waals surface area contributed by atoms with Gasteiger partial charge >= 0.3 is 0 Å². The van der Waals surface area contributed by atoms with Crippen molar-refractivity contribution >= 4 is 0 Å². The number of benzene rings is 2. The number of hydrogen-bond donors (Lipinski definition) is 1. The largest absolute Gasteiger partial charge is 0.493 e. The third-order valence-electron chi connectivity index (χ3n) is 4.05. The molecule has 2 aromatic carbocycles. The van der Waals surface area contributed by atoms with Crippen molar-refractivity contribution in [3.05, 3.63) is 65.2 Å². The minimum absolute atomic E-state index is 0.364. The van der Waals surface area contributed by atoms with Gasteiger partial charge in [-0.3, -0.25) is 0 Å². The monoisotopic (exact) mass is 267 g/mol. The predicted molar refractivity (Wildman–Crippen MR) is 82.3 cm³/mol. The Kier molecular flexibility index (Phi) is 3.75. The first-order valence-corrected chi connectivity index (χ1v) is 7.25. The van der Waals surface area contributed by atoms with Gasteiger partial charge in [-0.25, -0.2) is 0 Å². The molecule has 1 aliphatic rings. The van der Waals surface area contributed by atoms with Crippen LogP contribution in [0.5, 0.6) is 5.75 Å². The zero-order valence-corrected chi connectivity index (χ0v) is 12.1. The Balaban J connectivity index is 1.62. The van der Waals surface area contributed by atoms with Gasteiger partial charge in [-0.2, -0.15) is 0 Å². The standard InChI is InChI=1S/C18H21NO/c1-13-7-9-15(10-8-13)14(2)19-11-16-12-20-18-6-4-3-5-17(16)18/h3-10,14,16,19H,11-12H2,1-2H3/t14-,16?/m0/s1. The van der Waals surface area contributed by atoms with E-state index in [9.17, 15) is 0 Å². The highest BCUT2D eigenvalue weighted by molar-refractivity contribution is 5.39. The first-order valence-electron chi connectivity index (χ1n) is 7.25. The predicted octanol–water partition coefficient (Wildman–Crippen LogP) is 3.82. The Morgan fingerprint density at radius 1 is 1.15 bits per heavy atom. The van der Waals surface area contributed by atoms with E-state index in [1.807, 2.05) is 6.07 Å². The second kappa shape index (κ2) is 5.68. The lowest BCUT2D eigenvalue weighted by molar-refractivity contribution is 0.323. The summed E-state index contributed by atoms with van der Waals surface area (Å²) < 4.78 is 5.72. The normalized spacial score (nSPS) is 18.4. The van der Waals surface area contributed by atoms with Gasteiger partial charge in [0.25, 0.3) is 0 Å². The molecule has 0 aromatic heterocycles. The average Bonchev–Trinajstić information content (AvgIpc) is 2.89. The first kappa shape index (κ1) is 13.2. The summed E-state index contributed by atoms with van der Waals surface area (Å²) in [6.45, 7) is 6.07. The van der Waals surface area contributed by atoms with Crippen LogP contribution in [-0.4, -0.2) is 13.2 Å². The number of rotatable bonds is 4. The summed E-state index contributed by atoms with van der Waals surface area (Å²) in [5.41, 5.74) is 3.97. The van der Waals surface area contributed by atoms with Crippen LogP contribution in [0.1, 0.15) is 35.6 Å². The van der Waals surface area contributed by atoms with Crippen LogP contribution in [0.3, 0.4) is 0 Å². The van der Waals surface area contributed by atoms with Crippen molar-refractivity contribution < 1.29 is 4.74 Å². The lowest BCUT2D eigenvalue weighted by Crippen LogP contribution is -2.25. The van der Waals surface area contributed by atoms with Gasteiger partial charge < -0.3 is 10.1 Å². The van der Waals surface area contributed by atoms with Crippen LogP contribution in [-0.2, 0) is 0 Å². The second-order valence-corrected chi connectivity index (χ2v) is 5.59. The number of ether oxygens (including phenoxy) is 1. The maximum atomic E-state index is 5.72. The molecular formula is C18H21NO. The number of para-hydroxylation sites is 1. The van der Waals surface area contributed by atoms with Gasteiger partial charge in [0, 0.05) is 24.1 Å². The van der Waals surface area contributed by atoms with E-state index in [0.717, 1.165) is 18.9 Å². The van der Waals surface area contributed by atoms with E-state index in [0.29, 0.717) is 12.0 Å². The van der Waals surface area contributed by atoms with E-state index in [1.165, 1.54) is 16.7 Å². The van der Waals surface area contributed by atoms with Gasteiger partial charge in [0.1, 0.15) is 5.75 Å². The molecule has 0 fully saturated rings. The Labute approximate surface area is 120 Å². The molecule has 2 heteroatoms. The summed E-state index contributed by atoms with van der Waals surface area (Å²) in [7, 11) is 0. The fourth-order valence-electron chi connectivity index (χ4n) is 2.69. The van der Waals surface area contributed by atoms with Gasteiger partial charge in [0.2, 0.25) is 0 Å². The highest BCUT2D eigenvalue weighted by Crippen LogP contribution is 2.33. The molecule has 1 unspecified atom stereocenters. The molecule has 1 N–H and O–H groups in total. The molecule has 0 saturated carbocycles. The molecule has 20 heavy (non-hydrogen) atoms. The molecule has 0 amide bonds. The number of hydrogen-bond acceptors (Lipinski definition) is 2. The number of nitrogens with one attached hydrogen (secondary N) is 1. The van der Waals surface area contributed by atoms with Crippen LogP contribution in [0.25, 0.3) is 0 Å². The Bertz CT molecular complexity index is 576. The van der Waals surface area contributed by atoms with E-state index in [2.05, 4.69) is 61.6 Å². The van der Waals surface area contributed by atoms with Crippen LogP contribution >= 0.6 is 0 Å². The van der Waals surface area contributed by atoms with Crippen molar-refractivity contribution in [3.63, 3.8) is 0 Å². The second-order valence-electron chi connectivity index (χ2n) is 5.59. The highest BCUT2D eigenvalue weighted by atomic mass is 16.5. The third kappa shape index (κ3) is 2.70. The van der Waals surface area contributed by atoms with Crippen LogP contribution < -0.4 is 10.1 Å². The van der Waals surface area contributed by atoms with Crippen molar-refractivity contribution in [2.45, 2.75) is 25.8 Å². The zero-order chi connectivity index (χ0) is 13.9. The van der Waals surface area contributed by atoms with Crippen molar-refractivity contribution in [2.75, 3.05) is 13.2 Å². The summed E-state index contributed by atoms with van der Waals surface area (Å²) in [6, 6.07) is 17.4. The number of fused-ring (bicyclic) bond motifs is 1. The summed E-state index contributed by atoms with van der Waals surface area (Å²) >= 11 is 0. The van der Waals surface area contributed by atoms with Crippen LogP contribution in [0.2, 0.25) is 0 Å². The van der Waals surface area contributed by atoms with Gasteiger partial charge in [0.05, 0.1) is 6.61 Å². The molecule has 0 radical (unpaired) electrons. The molecule has 3 rings (SSSR count). The molecule has 104 valence electrons. The van der Waals surface area contributed by atoms with Gasteiger partial charge in [-0.15, -0.1) is 0 Å². The van der Waals surface area contributed by atoms with E-state index in [4.69, 9.17) is 4.74 Å². The summed E-state index contributed by atoms with van der Waals surface area (Å²) in [6.07, 6.45) is 0. The van der Waals surface area contributed by atoms with E-state index >= 15 is 0 Å². The maximum Gasteiger partial charge on any atom is 0.122 e. The highest BCUT2D eigenvalue weighted by Gasteiger charge is 2.23. The molecule has 1 aliphatic heterocycles. The minimum Gasteiger partial charge on any atom is -0.493 e. The van der Waals surface area contributed by atoms with Crippen molar-refractivity contribution in [1.29, 1.82) is 0 Å². The maximum absolute atomic E-state index is 5.72. The molecule has 0 aliphatic carbocycles. The molecule has 2 nitrogen and oxygen atoms in total. The lowest BCUT2D eigenvalue weighted by atomic mass is 10.00. The smallest absolute Gasteiger partial charge is 0.122 e. The molecule has 0 bridgehead atoms. The van der Waals surface area contributed by atoms with Gasteiger partial charge in [-0.05, 0) is 25.5 Å². The lowest BCUT2D eigenvalue weighted by Gasteiger charge is -2.17. The number of aryl methyl sites for hydroxylation is 1. The summed E-state index contributed by atoms with van der Waals surface area (Å²) in [5.74, 6) is 1.50. The Morgan fingerprint density at radius 3 is 2.70 bits per heavy atom. The van der Waals surface area contributed by atoms with Crippen molar-refractivity contribution in [1.82, 2.24) is 5.32 Å². The molecule has 2 atom stereocenters. The van der Waals surface area contributed by atoms with Gasteiger partial charge in [0.15, 0.2) is 0 Å². The third-order valence-corrected chi connectivity index (χ3v) is 4.05. The van der Waals surface area contributed by atoms with Crippen LogP contribution in [0.15, 0.2) is 48.5 Å². The Morgan fingerprint density at radius 2 is 1.90 bits per heavy atom. The zero-order valence-electron chi connectivity index (χ0n) is 12.1. The Hall–Kier alpha value is -1.80. The van der Waals surface area contributed by atoms with E-state index < -0.39 is 0 Å². The fourth-order valence-corrected chi connectivity index (χ4v) is 2.69. The molecule has 0 spiro atoms. The summed E-state index contributed by atoms with van der Waals surface area (Å²) in [4.78, 5) is 0. The topological polar surface area (TPSA) is 21.3 Å². The van der Waals surface area contributed by atoms with Crippen molar-refractivity contribution in [2.24, 2.45) is 0 Å². The van der Waals surface area contributed by atoms with Crippen LogP contribution in [0.4, 0.5) is 0 Å². The van der Waals surface area contributed by atoms with E-state index in [-0.39, 0.29) is 0 Å². The minimum atomic E-state index is 0.364. The van der Waals surface area contributed by atoms with Gasteiger partial charge in [-0.1, -0.05) is 48.0 Å². The molecule has 2 aromatic rings. The molecular weight excluding hydrogens is 246 g/mol.